The van der Waals surface area contributed by atoms with E-state index < -0.39 is 5.54 Å². The Morgan fingerprint density at radius 1 is 0.912 bits per heavy atom. The predicted octanol–water partition coefficient (Wildman–Crippen LogP) is 5.96. The second-order valence-corrected chi connectivity index (χ2v) is 9.72. The first-order valence-electron chi connectivity index (χ1n) is 10.7. The Hall–Kier alpha value is -4.35. The summed E-state index contributed by atoms with van der Waals surface area (Å²) in [5.41, 5.74) is 12.7. The number of nitrogens with two attached hydrogens (primary N) is 1. The molecule has 3 heterocycles. The van der Waals surface area contributed by atoms with Crippen LogP contribution in [-0.2, 0) is 5.54 Å². The van der Waals surface area contributed by atoms with E-state index in [9.17, 15) is 0 Å². The van der Waals surface area contributed by atoms with Crippen molar-refractivity contribution in [1.29, 1.82) is 0 Å². The Morgan fingerprint density at radius 3 is 2.38 bits per heavy atom. The van der Waals surface area contributed by atoms with E-state index in [1.165, 1.54) is 11.3 Å². The molecule has 164 valence electrons. The topological polar surface area (TPSA) is 86.3 Å². The number of hydrogen-bond donors (Lipinski definition) is 1. The summed E-state index contributed by atoms with van der Waals surface area (Å²) in [6.45, 7) is 11.3. The number of benzene rings is 3. The number of nitrogens with zero attached hydrogens (tertiary/aromatic N) is 6. The smallest absolute Gasteiger partial charge is 0.252 e. The Bertz CT molecular complexity index is 1750. The molecule has 0 aliphatic rings. The van der Waals surface area contributed by atoms with Crippen LogP contribution in [-0.4, -0.2) is 24.6 Å². The van der Waals surface area contributed by atoms with Crippen molar-refractivity contribution in [2.75, 3.05) is 5.73 Å². The number of rotatable bonds is 3. The van der Waals surface area contributed by atoms with E-state index in [1.807, 2.05) is 54.6 Å². The maximum Gasteiger partial charge on any atom is 0.252 e. The molecule has 8 heteroatoms. The second kappa shape index (κ2) is 7.33. The highest BCUT2D eigenvalue weighted by Gasteiger charge is 2.25. The molecular formula is C26H19N7S. The summed E-state index contributed by atoms with van der Waals surface area (Å²) >= 11 is 1.48. The average molecular weight is 462 g/mol. The minimum atomic E-state index is -0.569. The molecule has 0 atom stereocenters. The van der Waals surface area contributed by atoms with Crippen molar-refractivity contribution >= 4 is 43.4 Å². The van der Waals surface area contributed by atoms with Crippen LogP contribution in [0.3, 0.4) is 0 Å². The number of anilines is 1. The highest BCUT2D eigenvalue weighted by Crippen LogP contribution is 2.32. The summed E-state index contributed by atoms with van der Waals surface area (Å²) < 4.78 is 3.09. The Balaban J connectivity index is 1.52. The van der Waals surface area contributed by atoms with Gasteiger partial charge in [0.05, 0.1) is 27.4 Å². The first-order valence-corrected chi connectivity index (χ1v) is 11.5. The number of nitrogen functional groups attached to an aromatic ring is 1. The summed E-state index contributed by atoms with van der Waals surface area (Å²) in [7, 11) is 0. The molecule has 0 radical (unpaired) electrons. The molecule has 2 N–H and O–H groups in total. The summed E-state index contributed by atoms with van der Waals surface area (Å²) in [6.07, 6.45) is 1.74. The van der Waals surface area contributed by atoms with Gasteiger partial charge in [0.15, 0.2) is 16.6 Å². The Morgan fingerprint density at radius 2 is 1.62 bits per heavy atom. The fraction of sp³-hybridized carbons (Fsp3) is 0.115. The summed E-state index contributed by atoms with van der Waals surface area (Å²) in [5, 5.41) is 9.39. The van der Waals surface area contributed by atoms with Gasteiger partial charge in [0.2, 0.25) is 0 Å². The van der Waals surface area contributed by atoms with Gasteiger partial charge in [0.25, 0.3) is 5.54 Å². The molecule has 0 unspecified atom stereocenters. The van der Waals surface area contributed by atoms with Crippen LogP contribution in [0.1, 0.15) is 19.4 Å². The Kier molecular flexibility index (Phi) is 4.37. The maximum absolute atomic E-state index is 7.45. The van der Waals surface area contributed by atoms with Crippen molar-refractivity contribution in [3.8, 4) is 22.5 Å². The zero-order valence-corrected chi connectivity index (χ0v) is 19.3. The van der Waals surface area contributed by atoms with E-state index in [4.69, 9.17) is 12.3 Å². The number of thiazole rings is 1. The monoisotopic (exact) mass is 461 g/mol. The predicted molar refractivity (Wildman–Crippen MR) is 136 cm³/mol. The minimum absolute atomic E-state index is 0.566. The third-order valence-electron chi connectivity index (χ3n) is 6.09. The van der Waals surface area contributed by atoms with Gasteiger partial charge < -0.3 is 10.6 Å². The van der Waals surface area contributed by atoms with Crippen molar-refractivity contribution < 1.29 is 0 Å². The number of hydrogen-bond acceptors (Lipinski definition) is 6. The fourth-order valence-corrected chi connectivity index (χ4v) is 4.91. The molecule has 6 rings (SSSR count). The van der Waals surface area contributed by atoms with Gasteiger partial charge in [0, 0.05) is 25.0 Å². The van der Waals surface area contributed by atoms with E-state index in [2.05, 4.69) is 49.3 Å². The lowest BCUT2D eigenvalue weighted by atomic mass is 9.94. The van der Waals surface area contributed by atoms with Gasteiger partial charge in [-0.25, -0.2) is 11.6 Å². The first-order chi connectivity index (χ1) is 16.4. The third kappa shape index (κ3) is 3.17. The van der Waals surface area contributed by atoms with Gasteiger partial charge >= 0.3 is 0 Å². The molecule has 34 heavy (non-hydrogen) atoms. The van der Waals surface area contributed by atoms with Crippen LogP contribution in [0.15, 0.2) is 66.9 Å². The van der Waals surface area contributed by atoms with Crippen LogP contribution in [0, 0.1) is 6.57 Å². The van der Waals surface area contributed by atoms with Crippen LogP contribution in [0.5, 0.6) is 0 Å². The van der Waals surface area contributed by atoms with Crippen LogP contribution in [0.4, 0.5) is 5.13 Å². The molecule has 7 nitrogen and oxygen atoms in total. The van der Waals surface area contributed by atoms with Crippen LogP contribution in [0.25, 0.3) is 54.3 Å². The van der Waals surface area contributed by atoms with E-state index in [0.717, 1.165) is 49.3 Å². The average Bonchev–Trinajstić information content (AvgIpc) is 3.46. The van der Waals surface area contributed by atoms with E-state index in [0.29, 0.717) is 10.8 Å². The molecule has 0 amide bonds. The van der Waals surface area contributed by atoms with Crippen molar-refractivity contribution in [3.63, 3.8) is 0 Å². The molecule has 0 aliphatic heterocycles. The summed E-state index contributed by atoms with van der Waals surface area (Å²) in [4.78, 5) is 12.7. The molecular weight excluding hydrogens is 442 g/mol. The van der Waals surface area contributed by atoms with Gasteiger partial charge in [0.1, 0.15) is 0 Å². The van der Waals surface area contributed by atoms with E-state index >= 15 is 0 Å². The molecule has 3 aromatic heterocycles. The van der Waals surface area contributed by atoms with Crippen molar-refractivity contribution in [3.05, 3.63) is 83.8 Å². The Labute approximate surface area is 199 Å². The molecule has 6 aromatic rings. The van der Waals surface area contributed by atoms with Gasteiger partial charge in [-0.1, -0.05) is 47.7 Å². The SMILES string of the molecule is [C-]#[N+]C(C)(C)c1ccc(-c2nnc3cnc4ccc(-c5ccc6nc(N)sc6c5)cc4n23)cc1. The van der Waals surface area contributed by atoms with Gasteiger partial charge in [-0.2, -0.15) is 0 Å². The quantitative estimate of drug-likeness (QED) is 0.329. The lowest BCUT2D eigenvalue weighted by molar-refractivity contribution is 0.664. The van der Waals surface area contributed by atoms with E-state index in [-0.39, 0.29) is 0 Å². The zero-order valence-electron chi connectivity index (χ0n) is 18.5. The standard InChI is InChI=1S/C26H19N7S/c1-26(2,28-3)18-8-4-15(5-9-18)24-32-31-23-14-29-19-10-6-16(12-21(19)33(23)24)17-7-11-20-22(13-17)34-25(27)30-20/h4-14H,1-2H3,(H2,27,30). The third-order valence-corrected chi connectivity index (χ3v) is 6.94. The van der Waals surface area contributed by atoms with Crippen molar-refractivity contribution in [2.45, 2.75) is 19.4 Å². The van der Waals surface area contributed by atoms with Crippen molar-refractivity contribution in [2.24, 2.45) is 0 Å². The zero-order chi connectivity index (χ0) is 23.4. The molecule has 0 saturated heterocycles. The fourth-order valence-electron chi connectivity index (χ4n) is 4.14. The lowest BCUT2D eigenvalue weighted by Gasteiger charge is -2.12. The molecule has 3 aromatic carbocycles. The van der Waals surface area contributed by atoms with E-state index in [1.54, 1.807) is 6.20 Å². The maximum atomic E-state index is 7.45. The first kappa shape index (κ1) is 20.3. The molecule has 0 saturated carbocycles. The summed E-state index contributed by atoms with van der Waals surface area (Å²) in [6, 6.07) is 20.3. The van der Waals surface area contributed by atoms with Crippen molar-refractivity contribution in [1.82, 2.24) is 24.6 Å². The minimum Gasteiger partial charge on any atom is -0.375 e. The molecule has 0 spiro atoms. The largest absolute Gasteiger partial charge is 0.375 e. The van der Waals surface area contributed by atoms with Gasteiger partial charge in [-0.3, -0.25) is 9.38 Å². The highest BCUT2D eigenvalue weighted by molar-refractivity contribution is 7.22. The summed E-state index contributed by atoms with van der Waals surface area (Å²) in [5.74, 6) is 0.734. The number of fused-ring (bicyclic) bond motifs is 4. The second-order valence-electron chi connectivity index (χ2n) is 8.66. The van der Waals surface area contributed by atoms with Crippen LogP contribution >= 0.6 is 11.3 Å². The lowest BCUT2D eigenvalue weighted by Crippen LogP contribution is -2.10. The molecule has 0 fully saturated rings. The highest BCUT2D eigenvalue weighted by atomic mass is 32.1. The van der Waals surface area contributed by atoms with Crippen LogP contribution < -0.4 is 5.73 Å². The number of aromatic nitrogens is 5. The molecule has 0 aliphatic carbocycles. The van der Waals surface area contributed by atoms with Gasteiger partial charge in [-0.15, -0.1) is 10.2 Å². The molecule has 0 bridgehead atoms. The van der Waals surface area contributed by atoms with Crippen LogP contribution in [0.2, 0.25) is 0 Å². The van der Waals surface area contributed by atoms with Gasteiger partial charge in [-0.05, 0) is 35.4 Å². The normalized spacial score (nSPS) is 11.9.